The van der Waals surface area contributed by atoms with Crippen LogP contribution in [0.5, 0.6) is 5.75 Å². The van der Waals surface area contributed by atoms with Gasteiger partial charge in [0, 0.05) is 0 Å². The number of benzene rings is 1. The zero-order chi connectivity index (χ0) is 16.8. The lowest BCUT2D eigenvalue weighted by Crippen LogP contribution is -2.50. The van der Waals surface area contributed by atoms with Crippen LogP contribution in [-0.2, 0) is 9.53 Å². The summed E-state index contributed by atoms with van der Waals surface area (Å²) in [5, 5.41) is 11.8. The van der Waals surface area contributed by atoms with E-state index in [9.17, 15) is 9.59 Å². The van der Waals surface area contributed by atoms with E-state index in [1.165, 1.54) is 13.2 Å². The van der Waals surface area contributed by atoms with Crippen molar-refractivity contribution in [3.05, 3.63) is 29.8 Å². The van der Waals surface area contributed by atoms with Crippen molar-refractivity contribution in [2.24, 2.45) is 5.92 Å². The molecule has 0 saturated heterocycles. The van der Waals surface area contributed by atoms with Gasteiger partial charge in [-0.2, -0.15) is 5.26 Å². The summed E-state index contributed by atoms with van der Waals surface area (Å²) in [4.78, 5) is 23.3. The lowest BCUT2D eigenvalue weighted by atomic mass is 9.90. The number of hydrogen-bond donors (Lipinski definition) is 1. The highest BCUT2D eigenvalue weighted by Crippen LogP contribution is 2.16. The number of carbonyl (C=O) groups is 2. The van der Waals surface area contributed by atoms with E-state index in [0.717, 1.165) is 0 Å². The molecule has 0 aromatic heterocycles. The highest BCUT2D eigenvalue weighted by Gasteiger charge is 2.30. The molecule has 1 aromatic carbocycles. The molecule has 0 unspecified atom stereocenters. The maximum absolute atomic E-state index is 11.9. The number of hydrogen-bond acceptors (Lipinski definition) is 5. The van der Waals surface area contributed by atoms with E-state index in [2.05, 4.69) is 16.1 Å². The van der Waals surface area contributed by atoms with Gasteiger partial charge in [-0.05, 0) is 31.0 Å². The monoisotopic (exact) mass is 304 g/mol. The van der Waals surface area contributed by atoms with Gasteiger partial charge in [-0.1, -0.05) is 19.9 Å². The smallest absolute Gasteiger partial charge is 0.337 e. The molecule has 0 spiro atoms. The molecule has 0 saturated carbocycles. The minimum Gasteiger partial charge on any atom is -0.484 e. The highest BCUT2D eigenvalue weighted by molar-refractivity contribution is 5.89. The number of rotatable bonds is 6. The largest absolute Gasteiger partial charge is 0.484 e. The van der Waals surface area contributed by atoms with Gasteiger partial charge < -0.3 is 14.8 Å². The predicted molar refractivity (Wildman–Crippen MR) is 80.3 cm³/mol. The fourth-order valence-corrected chi connectivity index (χ4v) is 1.61. The normalized spacial score (nSPS) is 12.9. The first-order valence-electron chi connectivity index (χ1n) is 6.86. The van der Waals surface area contributed by atoms with Crippen LogP contribution in [0.2, 0.25) is 0 Å². The molecular formula is C16H20N2O4. The third-order valence-electron chi connectivity index (χ3n) is 3.41. The van der Waals surface area contributed by atoms with Crippen molar-refractivity contribution in [3.63, 3.8) is 0 Å². The van der Waals surface area contributed by atoms with Crippen molar-refractivity contribution in [1.82, 2.24) is 5.32 Å². The van der Waals surface area contributed by atoms with Gasteiger partial charge in [-0.3, -0.25) is 4.79 Å². The molecule has 1 N–H and O–H groups in total. The molecule has 22 heavy (non-hydrogen) atoms. The summed E-state index contributed by atoms with van der Waals surface area (Å²) >= 11 is 0. The van der Waals surface area contributed by atoms with Crippen molar-refractivity contribution in [2.75, 3.05) is 13.7 Å². The van der Waals surface area contributed by atoms with Crippen LogP contribution in [0, 0.1) is 17.2 Å². The minimum absolute atomic E-state index is 0.0379. The Morgan fingerprint density at radius 3 is 2.64 bits per heavy atom. The molecular weight excluding hydrogens is 284 g/mol. The molecule has 0 fully saturated rings. The van der Waals surface area contributed by atoms with Crippen LogP contribution < -0.4 is 10.1 Å². The number of nitrogens with one attached hydrogen (secondary N) is 1. The first kappa shape index (κ1) is 17.5. The Hall–Kier alpha value is -2.55. The average molecular weight is 304 g/mol. The SMILES string of the molecule is COC(=O)c1cccc(OCC(=O)N[C@@](C)(C#N)C(C)C)c1. The summed E-state index contributed by atoms with van der Waals surface area (Å²) in [5.74, 6) is -0.543. The highest BCUT2D eigenvalue weighted by atomic mass is 16.5. The Morgan fingerprint density at radius 2 is 2.09 bits per heavy atom. The Kier molecular flexibility index (Phi) is 5.93. The summed E-state index contributed by atoms with van der Waals surface area (Å²) in [7, 11) is 1.29. The molecule has 1 atom stereocenters. The van der Waals surface area contributed by atoms with Crippen molar-refractivity contribution in [3.8, 4) is 11.8 Å². The quantitative estimate of drug-likeness (QED) is 0.811. The van der Waals surface area contributed by atoms with Crippen LogP contribution in [0.3, 0.4) is 0 Å². The van der Waals surface area contributed by atoms with Gasteiger partial charge in [0.05, 0.1) is 18.7 Å². The van der Waals surface area contributed by atoms with Crippen LogP contribution in [0.15, 0.2) is 24.3 Å². The molecule has 0 aliphatic rings. The number of nitriles is 1. The summed E-state index contributed by atoms with van der Waals surface area (Å²) in [6.07, 6.45) is 0. The molecule has 6 nitrogen and oxygen atoms in total. The number of amides is 1. The summed E-state index contributed by atoms with van der Waals surface area (Å²) in [6, 6.07) is 8.43. The first-order chi connectivity index (χ1) is 10.3. The van der Waals surface area contributed by atoms with Gasteiger partial charge in [0.15, 0.2) is 6.61 Å². The van der Waals surface area contributed by atoms with E-state index in [-0.39, 0.29) is 12.5 Å². The Bertz CT molecular complexity index is 592. The molecule has 118 valence electrons. The molecule has 0 heterocycles. The molecule has 1 rings (SSSR count). The third kappa shape index (κ3) is 4.48. The van der Waals surface area contributed by atoms with Crippen molar-refractivity contribution in [2.45, 2.75) is 26.3 Å². The zero-order valence-electron chi connectivity index (χ0n) is 13.2. The van der Waals surface area contributed by atoms with Gasteiger partial charge in [0.25, 0.3) is 5.91 Å². The molecule has 1 amide bonds. The predicted octanol–water partition coefficient (Wildman–Crippen LogP) is 1.91. The minimum atomic E-state index is -0.950. The number of esters is 1. The number of carbonyl (C=O) groups excluding carboxylic acids is 2. The van der Waals surface area contributed by atoms with Crippen molar-refractivity contribution < 1.29 is 19.1 Å². The summed E-state index contributed by atoms with van der Waals surface area (Å²) in [6.45, 7) is 5.12. The van der Waals surface area contributed by atoms with E-state index < -0.39 is 17.4 Å². The number of nitrogens with zero attached hydrogens (tertiary/aromatic N) is 1. The molecule has 0 radical (unpaired) electrons. The molecule has 0 bridgehead atoms. The Balaban J connectivity index is 2.65. The number of ether oxygens (including phenoxy) is 2. The molecule has 0 aliphatic carbocycles. The maximum atomic E-state index is 11.9. The van der Waals surface area contributed by atoms with Gasteiger partial charge in [-0.15, -0.1) is 0 Å². The van der Waals surface area contributed by atoms with Crippen LogP contribution >= 0.6 is 0 Å². The average Bonchev–Trinajstić information content (AvgIpc) is 2.52. The Morgan fingerprint density at radius 1 is 1.41 bits per heavy atom. The summed E-state index contributed by atoms with van der Waals surface area (Å²) < 4.78 is 9.96. The molecule has 1 aromatic rings. The van der Waals surface area contributed by atoms with Gasteiger partial charge >= 0.3 is 5.97 Å². The molecule has 6 heteroatoms. The van der Waals surface area contributed by atoms with Crippen LogP contribution in [-0.4, -0.2) is 31.1 Å². The van der Waals surface area contributed by atoms with E-state index in [4.69, 9.17) is 10.00 Å². The second-order valence-corrected chi connectivity index (χ2v) is 5.33. The van der Waals surface area contributed by atoms with E-state index in [1.807, 2.05) is 13.8 Å². The van der Waals surface area contributed by atoms with Gasteiger partial charge in [-0.25, -0.2) is 4.79 Å². The fourth-order valence-electron chi connectivity index (χ4n) is 1.61. The van der Waals surface area contributed by atoms with Crippen LogP contribution in [0.1, 0.15) is 31.1 Å². The van der Waals surface area contributed by atoms with Gasteiger partial charge in [0.1, 0.15) is 11.3 Å². The van der Waals surface area contributed by atoms with Crippen LogP contribution in [0.25, 0.3) is 0 Å². The lowest BCUT2D eigenvalue weighted by Gasteiger charge is -2.27. The zero-order valence-corrected chi connectivity index (χ0v) is 13.2. The topological polar surface area (TPSA) is 88.4 Å². The van der Waals surface area contributed by atoms with Gasteiger partial charge in [0.2, 0.25) is 0 Å². The maximum Gasteiger partial charge on any atom is 0.337 e. The fraction of sp³-hybridized carbons (Fsp3) is 0.438. The van der Waals surface area contributed by atoms with Crippen molar-refractivity contribution >= 4 is 11.9 Å². The Labute approximate surface area is 130 Å². The second-order valence-electron chi connectivity index (χ2n) is 5.33. The van der Waals surface area contributed by atoms with E-state index in [1.54, 1.807) is 25.1 Å². The number of methoxy groups -OCH3 is 1. The standard InChI is InChI=1S/C16H20N2O4/c1-11(2)16(3,10-17)18-14(19)9-22-13-7-5-6-12(8-13)15(20)21-4/h5-8,11H,9H2,1-4H3,(H,18,19)/t16-/m0/s1. The van der Waals surface area contributed by atoms with E-state index in [0.29, 0.717) is 11.3 Å². The van der Waals surface area contributed by atoms with E-state index >= 15 is 0 Å². The second kappa shape index (κ2) is 7.46. The lowest BCUT2D eigenvalue weighted by molar-refractivity contribution is -0.124. The first-order valence-corrected chi connectivity index (χ1v) is 6.86. The summed E-state index contributed by atoms with van der Waals surface area (Å²) in [5.41, 5.74) is -0.613. The molecule has 0 aliphatic heterocycles. The van der Waals surface area contributed by atoms with Crippen molar-refractivity contribution in [1.29, 1.82) is 5.26 Å². The third-order valence-corrected chi connectivity index (χ3v) is 3.41. The van der Waals surface area contributed by atoms with Crippen LogP contribution in [0.4, 0.5) is 0 Å².